The minimum absolute atomic E-state index is 0.0739. The van der Waals surface area contributed by atoms with E-state index < -0.39 is 17.5 Å². The van der Waals surface area contributed by atoms with Crippen molar-refractivity contribution in [1.29, 1.82) is 0 Å². The highest BCUT2D eigenvalue weighted by atomic mass is 19.2. The summed E-state index contributed by atoms with van der Waals surface area (Å²) in [5.41, 5.74) is 0.289. The van der Waals surface area contributed by atoms with Crippen molar-refractivity contribution in [2.24, 2.45) is 0 Å². The number of carbonyl (C=O) groups excluding carboxylic acids is 1. The fourth-order valence-electron chi connectivity index (χ4n) is 1.07. The topological polar surface area (TPSA) is 17.1 Å². The van der Waals surface area contributed by atoms with Gasteiger partial charge in [-0.1, -0.05) is 0 Å². The summed E-state index contributed by atoms with van der Waals surface area (Å²) in [4.78, 5) is 10.6. The summed E-state index contributed by atoms with van der Waals surface area (Å²) in [5, 5.41) is 0. The van der Waals surface area contributed by atoms with E-state index in [9.17, 15) is 18.0 Å². The molecular weight excluding hydrogens is 193 g/mol. The first kappa shape index (κ1) is 10.8. The van der Waals surface area contributed by atoms with E-state index in [0.717, 1.165) is 12.1 Å². The molecule has 4 heteroatoms. The predicted octanol–water partition coefficient (Wildman–Crippen LogP) is 2.63. The molecule has 0 N–H and O–H groups in total. The second-order valence-corrected chi connectivity index (χ2v) is 3.08. The molecule has 0 fully saturated rings. The number of Topliss-reactive ketones (excluding diaryl/α,β-unsaturated/α-hetero) is 1. The lowest BCUT2D eigenvalue weighted by Gasteiger charge is -2.01. The van der Waals surface area contributed by atoms with E-state index in [4.69, 9.17) is 0 Å². The van der Waals surface area contributed by atoms with Gasteiger partial charge in [-0.25, -0.2) is 13.2 Å². The van der Waals surface area contributed by atoms with Crippen LogP contribution in [0.2, 0.25) is 0 Å². The summed E-state index contributed by atoms with van der Waals surface area (Å²) in [7, 11) is 0. The van der Waals surface area contributed by atoms with Gasteiger partial charge in [-0.3, -0.25) is 0 Å². The van der Waals surface area contributed by atoms with Gasteiger partial charge in [-0.05, 0) is 31.0 Å². The Kier molecular flexibility index (Phi) is 3.28. The maximum atomic E-state index is 12.7. The fourth-order valence-corrected chi connectivity index (χ4v) is 1.07. The van der Waals surface area contributed by atoms with Crippen LogP contribution in [0.3, 0.4) is 0 Å². The normalized spacial score (nSPS) is 10.3. The molecule has 0 aliphatic rings. The van der Waals surface area contributed by atoms with Gasteiger partial charge in [-0.2, -0.15) is 0 Å². The molecule has 0 saturated heterocycles. The van der Waals surface area contributed by atoms with E-state index in [-0.39, 0.29) is 24.2 Å². The molecule has 0 aliphatic carbocycles. The lowest BCUT2D eigenvalue weighted by atomic mass is 10.1. The molecule has 1 nitrogen and oxygen atoms in total. The lowest BCUT2D eigenvalue weighted by Crippen LogP contribution is -1.98. The molecule has 14 heavy (non-hydrogen) atoms. The molecule has 1 aromatic rings. The molecule has 76 valence electrons. The van der Waals surface area contributed by atoms with Crippen LogP contribution in [-0.4, -0.2) is 5.78 Å². The van der Waals surface area contributed by atoms with E-state index >= 15 is 0 Å². The van der Waals surface area contributed by atoms with Crippen molar-refractivity contribution in [2.75, 3.05) is 0 Å². The van der Waals surface area contributed by atoms with Gasteiger partial charge in [0.25, 0.3) is 0 Å². The number of ketones is 1. The number of hydrogen-bond acceptors (Lipinski definition) is 1. The van der Waals surface area contributed by atoms with Crippen molar-refractivity contribution in [3.63, 3.8) is 0 Å². The maximum absolute atomic E-state index is 12.7. The minimum Gasteiger partial charge on any atom is -0.300 e. The van der Waals surface area contributed by atoms with Crippen molar-refractivity contribution in [3.8, 4) is 0 Å². The largest absolute Gasteiger partial charge is 0.300 e. The number of aryl methyl sites for hydroxylation is 1. The Hall–Kier alpha value is -1.32. The predicted molar refractivity (Wildman–Crippen MR) is 45.3 cm³/mol. The molecule has 0 saturated carbocycles. The molecule has 0 atom stereocenters. The first-order valence-corrected chi connectivity index (χ1v) is 4.13. The Bertz CT molecular complexity index is 337. The van der Waals surface area contributed by atoms with Crippen molar-refractivity contribution >= 4 is 5.78 Å². The zero-order valence-electron chi connectivity index (χ0n) is 7.61. The van der Waals surface area contributed by atoms with Gasteiger partial charge >= 0.3 is 0 Å². The van der Waals surface area contributed by atoms with Crippen LogP contribution in [0.1, 0.15) is 18.9 Å². The molecule has 0 radical (unpaired) electrons. The van der Waals surface area contributed by atoms with E-state index in [1.54, 1.807) is 0 Å². The Balaban J connectivity index is 2.84. The van der Waals surface area contributed by atoms with Gasteiger partial charge < -0.3 is 4.79 Å². The van der Waals surface area contributed by atoms with Crippen LogP contribution < -0.4 is 0 Å². The Morgan fingerprint density at radius 2 is 1.71 bits per heavy atom. The van der Waals surface area contributed by atoms with Crippen molar-refractivity contribution in [3.05, 3.63) is 35.1 Å². The maximum Gasteiger partial charge on any atom is 0.194 e. The summed E-state index contributed by atoms with van der Waals surface area (Å²) in [6.07, 6.45) is 0.425. The first-order chi connectivity index (χ1) is 6.50. The van der Waals surface area contributed by atoms with Gasteiger partial charge in [-0.15, -0.1) is 0 Å². The molecule has 0 bridgehead atoms. The molecule has 0 heterocycles. The van der Waals surface area contributed by atoms with E-state index in [1.807, 2.05) is 0 Å². The molecule has 1 aromatic carbocycles. The summed E-state index contributed by atoms with van der Waals surface area (Å²) >= 11 is 0. The van der Waals surface area contributed by atoms with Crippen molar-refractivity contribution in [1.82, 2.24) is 0 Å². The fraction of sp³-hybridized carbons (Fsp3) is 0.300. The van der Waals surface area contributed by atoms with Crippen LogP contribution in [0.15, 0.2) is 12.1 Å². The standard InChI is InChI=1S/C10H9F3O/c1-6(14)2-3-7-4-8(11)10(13)9(12)5-7/h4-5H,2-3H2,1H3. The van der Waals surface area contributed by atoms with Gasteiger partial charge in [0, 0.05) is 6.42 Å². The molecule has 0 aliphatic heterocycles. The summed E-state index contributed by atoms with van der Waals surface area (Å²) in [6.45, 7) is 1.39. The monoisotopic (exact) mass is 202 g/mol. The third kappa shape index (κ3) is 2.58. The van der Waals surface area contributed by atoms with Crippen molar-refractivity contribution in [2.45, 2.75) is 19.8 Å². The number of benzene rings is 1. The van der Waals surface area contributed by atoms with E-state index in [0.29, 0.717) is 0 Å². The van der Waals surface area contributed by atoms with E-state index in [2.05, 4.69) is 0 Å². The molecule has 0 spiro atoms. The molecular formula is C10H9F3O. The highest BCUT2D eigenvalue weighted by Gasteiger charge is 2.10. The number of rotatable bonds is 3. The summed E-state index contributed by atoms with van der Waals surface area (Å²) in [6, 6.07) is 1.81. The van der Waals surface area contributed by atoms with Crippen LogP contribution in [0.5, 0.6) is 0 Å². The first-order valence-electron chi connectivity index (χ1n) is 4.13. The molecule has 0 aromatic heterocycles. The van der Waals surface area contributed by atoms with Gasteiger partial charge in [0.1, 0.15) is 5.78 Å². The third-order valence-electron chi connectivity index (χ3n) is 1.81. The van der Waals surface area contributed by atoms with Gasteiger partial charge in [0.2, 0.25) is 0 Å². The second kappa shape index (κ2) is 4.26. The van der Waals surface area contributed by atoms with Crippen LogP contribution >= 0.6 is 0 Å². The molecule has 0 unspecified atom stereocenters. The van der Waals surface area contributed by atoms with Crippen LogP contribution in [0.4, 0.5) is 13.2 Å². The quantitative estimate of drug-likeness (QED) is 0.688. The summed E-state index contributed by atoms with van der Waals surface area (Å²) in [5.74, 6) is -3.99. The molecule has 0 amide bonds. The number of hydrogen-bond donors (Lipinski definition) is 0. The smallest absolute Gasteiger partial charge is 0.194 e. The van der Waals surface area contributed by atoms with Gasteiger partial charge in [0.15, 0.2) is 17.5 Å². The lowest BCUT2D eigenvalue weighted by molar-refractivity contribution is -0.116. The van der Waals surface area contributed by atoms with Crippen LogP contribution in [0.25, 0.3) is 0 Å². The van der Waals surface area contributed by atoms with Crippen LogP contribution in [0, 0.1) is 17.5 Å². The van der Waals surface area contributed by atoms with Crippen molar-refractivity contribution < 1.29 is 18.0 Å². The number of carbonyl (C=O) groups is 1. The second-order valence-electron chi connectivity index (χ2n) is 3.08. The minimum atomic E-state index is -1.48. The highest BCUT2D eigenvalue weighted by molar-refractivity contribution is 5.75. The van der Waals surface area contributed by atoms with Crippen LogP contribution in [-0.2, 0) is 11.2 Å². The SMILES string of the molecule is CC(=O)CCc1cc(F)c(F)c(F)c1. The van der Waals surface area contributed by atoms with Gasteiger partial charge in [0.05, 0.1) is 0 Å². The zero-order valence-corrected chi connectivity index (χ0v) is 7.61. The average Bonchev–Trinajstić information content (AvgIpc) is 2.10. The highest BCUT2D eigenvalue weighted by Crippen LogP contribution is 2.14. The Labute approximate surface area is 79.5 Å². The molecule has 1 rings (SSSR count). The van der Waals surface area contributed by atoms with E-state index in [1.165, 1.54) is 6.92 Å². The average molecular weight is 202 g/mol. The Morgan fingerprint density at radius 1 is 1.21 bits per heavy atom. The Morgan fingerprint density at radius 3 is 2.14 bits per heavy atom. The summed E-state index contributed by atoms with van der Waals surface area (Å²) < 4.78 is 37.8. The number of halogens is 3. The third-order valence-corrected chi connectivity index (χ3v) is 1.81. The zero-order chi connectivity index (χ0) is 10.7.